The zero-order chi connectivity index (χ0) is 27.4. The van der Waals surface area contributed by atoms with E-state index in [1.807, 2.05) is 44.5 Å². The van der Waals surface area contributed by atoms with Crippen LogP contribution < -0.4 is 10.1 Å². The Balaban J connectivity index is 1.42. The van der Waals surface area contributed by atoms with Gasteiger partial charge in [0.1, 0.15) is 10.8 Å². The highest BCUT2D eigenvalue weighted by Crippen LogP contribution is 2.38. The summed E-state index contributed by atoms with van der Waals surface area (Å²) in [6, 6.07) is 3.80. The maximum atomic E-state index is 12.9. The van der Waals surface area contributed by atoms with Crippen molar-refractivity contribution in [2.45, 2.75) is 71.1 Å². The highest BCUT2D eigenvalue weighted by Gasteiger charge is 2.27. The first-order valence-electron chi connectivity index (χ1n) is 12.8. The summed E-state index contributed by atoms with van der Waals surface area (Å²) in [7, 11) is 1.85. The molecule has 1 atom stereocenters. The molecular weight excluding hydrogens is 544 g/mol. The van der Waals surface area contributed by atoms with Crippen LogP contribution in [0.25, 0.3) is 0 Å². The lowest BCUT2D eigenvalue weighted by Gasteiger charge is -2.16. The third-order valence-corrected chi connectivity index (χ3v) is 9.26. The number of hydrogen-bond acceptors (Lipinski definition) is 8. The zero-order valence-electron chi connectivity index (χ0n) is 22.4. The molecule has 0 fully saturated rings. The first-order chi connectivity index (χ1) is 18.2. The molecule has 0 bridgehead atoms. The number of halogens is 1. The highest BCUT2D eigenvalue weighted by atomic mass is 35.5. The Morgan fingerprint density at radius 2 is 1.89 bits per heavy atom. The van der Waals surface area contributed by atoms with Crippen LogP contribution in [0.1, 0.15) is 77.0 Å². The van der Waals surface area contributed by atoms with Crippen molar-refractivity contribution in [1.29, 1.82) is 0 Å². The molecule has 0 saturated heterocycles. The Hall–Kier alpha value is -2.56. The molecule has 204 valence electrons. The van der Waals surface area contributed by atoms with E-state index in [1.54, 1.807) is 6.92 Å². The molecule has 2 heterocycles. The Bertz CT molecular complexity index is 1310. The SMILES string of the molecule is CCOC(=O)c1c(NC(=O)CSc2nnc(C(C)Oc3cc(C)c(Cl)c(C)c3)n2C)sc2c1CCCCC2. The van der Waals surface area contributed by atoms with Gasteiger partial charge in [0, 0.05) is 16.9 Å². The number of rotatable bonds is 9. The predicted molar refractivity (Wildman–Crippen MR) is 152 cm³/mol. The molecule has 2 aromatic heterocycles. The standard InChI is InChI=1S/C27H33ClN4O4S2/c1-6-35-26(34)22-19-10-8-7-9-11-20(19)38-25(22)29-21(33)14-37-27-31-30-24(32(27)5)17(4)36-18-12-15(2)23(28)16(3)13-18/h12-13,17H,6-11,14H2,1-5H3,(H,29,33). The van der Waals surface area contributed by atoms with Crippen LogP contribution in [0, 0.1) is 13.8 Å². The quantitative estimate of drug-likeness (QED) is 0.177. The van der Waals surface area contributed by atoms with Crippen molar-refractivity contribution in [1.82, 2.24) is 14.8 Å². The number of nitrogens with one attached hydrogen (secondary N) is 1. The lowest BCUT2D eigenvalue weighted by atomic mass is 10.1. The largest absolute Gasteiger partial charge is 0.483 e. The number of thiophene rings is 1. The second-order valence-electron chi connectivity index (χ2n) is 9.36. The van der Waals surface area contributed by atoms with E-state index in [-0.39, 0.29) is 23.7 Å². The number of fused-ring (bicyclic) bond motifs is 1. The molecule has 1 aliphatic rings. The number of nitrogens with zero attached hydrogens (tertiary/aromatic N) is 3. The van der Waals surface area contributed by atoms with Crippen LogP contribution in [0.4, 0.5) is 5.00 Å². The normalized spacial score (nSPS) is 13.9. The molecule has 38 heavy (non-hydrogen) atoms. The molecule has 1 aromatic carbocycles. The first-order valence-corrected chi connectivity index (χ1v) is 14.9. The summed E-state index contributed by atoms with van der Waals surface area (Å²) in [6.45, 7) is 7.87. The monoisotopic (exact) mass is 576 g/mol. The summed E-state index contributed by atoms with van der Waals surface area (Å²) in [5.74, 6) is 0.900. The Morgan fingerprint density at radius 1 is 1.18 bits per heavy atom. The molecule has 11 heteroatoms. The molecule has 0 spiro atoms. The highest BCUT2D eigenvalue weighted by molar-refractivity contribution is 7.99. The number of thioether (sulfide) groups is 1. The number of amides is 1. The molecule has 1 N–H and O–H groups in total. The van der Waals surface area contributed by atoms with Crippen LogP contribution in [-0.4, -0.2) is 39.0 Å². The molecular formula is C27H33ClN4O4S2. The lowest BCUT2D eigenvalue weighted by Crippen LogP contribution is -2.17. The Morgan fingerprint density at radius 3 is 2.61 bits per heavy atom. The van der Waals surface area contributed by atoms with Gasteiger partial charge in [-0.1, -0.05) is 29.8 Å². The van der Waals surface area contributed by atoms with Gasteiger partial charge in [-0.25, -0.2) is 4.79 Å². The molecule has 0 radical (unpaired) electrons. The minimum Gasteiger partial charge on any atom is -0.483 e. The fraction of sp³-hybridized carbons (Fsp3) is 0.481. The van der Waals surface area contributed by atoms with E-state index in [2.05, 4.69) is 15.5 Å². The van der Waals surface area contributed by atoms with Crippen molar-refractivity contribution in [3.63, 3.8) is 0 Å². The van der Waals surface area contributed by atoms with Crippen LogP contribution in [-0.2, 0) is 29.4 Å². The van der Waals surface area contributed by atoms with Gasteiger partial charge in [0.15, 0.2) is 17.1 Å². The number of hydrogen-bond donors (Lipinski definition) is 1. The maximum Gasteiger partial charge on any atom is 0.341 e. The summed E-state index contributed by atoms with van der Waals surface area (Å²) in [5.41, 5.74) is 3.45. The molecule has 1 aliphatic carbocycles. The number of carbonyl (C=O) groups excluding carboxylic acids is 2. The van der Waals surface area contributed by atoms with Gasteiger partial charge in [-0.2, -0.15) is 0 Å². The third kappa shape index (κ3) is 6.35. The van der Waals surface area contributed by atoms with E-state index >= 15 is 0 Å². The van der Waals surface area contributed by atoms with Gasteiger partial charge in [-0.05, 0) is 82.2 Å². The molecule has 1 amide bonds. The van der Waals surface area contributed by atoms with Gasteiger partial charge in [0.25, 0.3) is 0 Å². The van der Waals surface area contributed by atoms with Crippen LogP contribution >= 0.6 is 34.7 Å². The first kappa shape index (κ1) is 28.4. The minimum atomic E-state index is -0.368. The fourth-order valence-corrected chi connectivity index (χ4v) is 6.70. The average molecular weight is 577 g/mol. The van der Waals surface area contributed by atoms with Crippen LogP contribution in [0.15, 0.2) is 17.3 Å². The van der Waals surface area contributed by atoms with E-state index in [0.717, 1.165) is 53.8 Å². The number of carbonyl (C=O) groups is 2. The molecule has 4 rings (SSSR count). The molecule has 3 aromatic rings. The van der Waals surface area contributed by atoms with Gasteiger partial charge in [0.2, 0.25) is 5.91 Å². The Labute approximate surface area is 236 Å². The number of benzene rings is 1. The second kappa shape index (κ2) is 12.5. The molecule has 0 aliphatic heterocycles. The third-order valence-electron chi connectivity index (χ3n) is 6.44. The van der Waals surface area contributed by atoms with E-state index < -0.39 is 0 Å². The molecule has 8 nitrogen and oxygen atoms in total. The molecule has 0 saturated carbocycles. The molecule has 1 unspecified atom stereocenters. The fourth-order valence-electron chi connectivity index (χ4n) is 4.58. The van der Waals surface area contributed by atoms with Gasteiger partial charge in [0.05, 0.1) is 17.9 Å². The lowest BCUT2D eigenvalue weighted by molar-refractivity contribution is -0.113. The number of anilines is 1. The van der Waals surface area contributed by atoms with Crippen molar-refractivity contribution in [3.05, 3.63) is 50.1 Å². The minimum absolute atomic E-state index is 0.127. The summed E-state index contributed by atoms with van der Waals surface area (Å²) in [4.78, 5) is 26.8. The topological polar surface area (TPSA) is 95.3 Å². The number of ether oxygens (including phenoxy) is 2. The number of esters is 1. The van der Waals surface area contributed by atoms with Crippen molar-refractivity contribution < 1.29 is 19.1 Å². The van der Waals surface area contributed by atoms with E-state index in [4.69, 9.17) is 21.1 Å². The zero-order valence-corrected chi connectivity index (χ0v) is 24.7. The Kier molecular flexibility index (Phi) is 9.38. The van der Waals surface area contributed by atoms with E-state index in [0.29, 0.717) is 33.9 Å². The summed E-state index contributed by atoms with van der Waals surface area (Å²) in [5, 5.41) is 13.4. The maximum absolute atomic E-state index is 12.9. The van der Waals surface area contributed by atoms with Crippen LogP contribution in [0.5, 0.6) is 5.75 Å². The van der Waals surface area contributed by atoms with Crippen LogP contribution in [0.3, 0.4) is 0 Å². The number of aryl methyl sites for hydroxylation is 3. The van der Waals surface area contributed by atoms with Gasteiger partial charge in [-0.3, -0.25) is 4.79 Å². The van der Waals surface area contributed by atoms with Gasteiger partial charge >= 0.3 is 5.97 Å². The summed E-state index contributed by atoms with van der Waals surface area (Å²) >= 11 is 9.05. The smallest absolute Gasteiger partial charge is 0.341 e. The van der Waals surface area contributed by atoms with Gasteiger partial charge in [-0.15, -0.1) is 21.5 Å². The van der Waals surface area contributed by atoms with E-state index in [9.17, 15) is 9.59 Å². The van der Waals surface area contributed by atoms with Crippen molar-refractivity contribution in [2.75, 3.05) is 17.7 Å². The second-order valence-corrected chi connectivity index (χ2v) is 11.8. The van der Waals surface area contributed by atoms with E-state index in [1.165, 1.54) is 28.0 Å². The predicted octanol–water partition coefficient (Wildman–Crippen LogP) is 6.46. The van der Waals surface area contributed by atoms with Crippen molar-refractivity contribution >= 4 is 51.6 Å². The van der Waals surface area contributed by atoms with Crippen molar-refractivity contribution in [2.24, 2.45) is 7.05 Å². The van der Waals surface area contributed by atoms with Gasteiger partial charge < -0.3 is 19.4 Å². The summed E-state index contributed by atoms with van der Waals surface area (Å²) in [6.07, 6.45) is 4.67. The summed E-state index contributed by atoms with van der Waals surface area (Å²) < 4.78 is 13.3. The van der Waals surface area contributed by atoms with Crippen molar-refractivity contribution in [3.8, 4) is 5.75 Å². The number of aromatic nitrogens is 3. The van der Waals surface area contributed by atoms with Crippen LogP contribution in [0.2, 0.25) is 5.02 Å². The average Bonchev–Trinajstić information content (AvgIpc) is 3.31.